The van der Waals surface area contributed by atoms with Crippen molar-refractivity contribution in [3.8, 4) is 0 Å². The fourth-order valence-electron chi connectivity index (χ4n) is 4.53. The second-order valence-corrected chi connectivity index (χ2v) is 8.80. The highest BCUT2D eigenvalue weighted by Gasteiger charge is 2.28. The van der Waals surface area contributed by atoms with Gasteiger partial charge in [0.15, 0.2) is 11.5 Å². The fourth-order valence-corrected chi connectivity index (χ4v) is 4.53. The molecular formula is C24H26FN7O. The Hall–Kier alpha value is -3.59. The minimum Gasteiger partial charge on any atom is -0.367 e. The predicted molar refractivity (Wildman–Crippen MR) is 126 cm³/mol. The zero-order valence-corrected chi connectivity index (χ0v) is 19.1. The predicted octanol–water partition coefficient (Wildman–Crippen LogP) is 3.51. The second-order valence-electron chi connectivity index (χ2n) is 8.80. The van der Waals surface area contributed by atoms with Crippen LogP contribution in [-0.4, -0.2) is 62.4 Å². The summed E-state index contributed by atoms with van der Waals surface area (Å²) in [6.07, 6.45) is 6.58. The maximum Gasteiger partial charge on any atom is 0.257 e. The lowest BCUT2D eigenvalue weighted by Crippen LogP contribution is -2.55. The van der Waals surface area contributed by atoms with Crippen LogP contribution in [0.1, 0.15) is 29.9 Å². The van der Waals surface area contributed by atoms with E-state index in [1.165, 1.54) is 6.07 Å². The molecule has 33 heavy (non-hydrogen) atoms. The first-order chi connectivity index (χ1) is 15.8. The van der Waals surface area contributed by atoms with Crippen LogP contribution in [0.25, 0.3) is 16.7 Å². The molecule has 1 N–H and O–H groups in total. The normalized spacial score (nSPS) is 19.4. The Morgan fingerprint density at radius 2 is 1.79 bits per heavy atom. The van der Waals surface area contributed by atoms with Crippen LogP contribution in [-0.2, 0) is 0 Å². The zero-order chi connectivity index (χ0) is 23.3. The first-order valence-corrected chi connectivity index (χ1v) is 11.0. The van der Waals surface area contributed by atoms with E-state index in [0.717, 1.165) is 18.8 Å². The Kier molecular flexibility index (Phi) is 5.20. The van der Waals surface area contributed by atoms with Crippen molar-refractivity contribution in [2.24, 2.45) is 0 Å². The molecule has 0 aliphatic carbocycles. The van der Waals surface area contributed by atoms with Gasteiger partial charge >= 0.3 is 0 Å². The number of fused-ring (bicyclic) bond motifs is 2. The number of aromatic nitrogens is 4. The lowest BCUT2D eigenvalue weighted by atomic mass is 10.1. The molecule has 1 aromatic carbocycles. The maximum absolute atomic E-state index is 14.4. The molecule has 1 aliphatic rings. The van der Waals surface area contributed by atoms with Gasteiger partial charge in [-0.3, -0.25) is 19.7 Å². The third-order valence-corrected chi connectivity index (χ3v) is 6.43. The standard InChI is InChI=1S/C24H26FN7O/c1-14-10-32-13-17(9-19(25)23(32)28-14)29-24(33)18-5-6-20(22-21(18)26-7-8-27-22)31-11-15(2)30(4)16(3)12-31/h5-10,13,15-16H,11-12H2,1-4H3,(H,29,33). The first kappa shape index (κ1) is 21.3. The number of carbonyl (C=O) groups excluding carboxylic acids is 1. The summed E-state index contributed by atoms with van der Waals surface area (Å²) in [6.45, 7) is 7.92. The number of nitrogens with zero attached hydrogens (tertiary/aromatic N) is 6. The summed E-state index contributed by atoms with van der Waals surface area (Å²) in [7, 11) is 2.14. The number of pyridine rings is 1. The third-order valence-electron chi connectivity index (χ3n) is 6.43. The van der Waals surface area contributed by atoms with Gasteiger partial charge in [-0.1, -0.05) is 0 Å². The average Bonchev–Trinajstić information content (AvgIpc) is 3.17. The number of carbonyl (C=O) groups is 1. The van der Waals surface area contributed by atoms with Gasteiger partial charge in [0.2, 0.25) is 0 Å². The van der Waals surface area contributed by atoms with Crippen molar-refractivity contribution in [2.45, 2.75) is 32.9 Å². The van der Waals surface area contributed by atoms with Crippen LogP contribution in [0, 0.1) is 12.7 Å². The van der Waals surface area contributed by atoms with Crippen molar-refractivity contribution in [3.05, 3.63) is 60.1 Å². The second kappa shape index (κ2) is 8.08. The number of hydrogen-bond acceptors (Lipinski definition) is 6. The molecule has 0 radical (unpaired) electrons. The molecule has 170 valence electrons. The van der Waals surface area contributed by atoms with Crippen LogP contribution in [0.5, 0.6) is 0 Å². The summed E-state index contributed by atoms with van der Waals surface area (Å²) in [5.74, 6) is -0.873. The van der Waals surface area contributed by atoms with Gasteiger partial charge < -0.3 is 14.6 Å². The molecular weight excluding hydrogens is 421 g/mol. The van der Waals surface area contributed by atoms with Gasteiger partial charge in [-0.05, 0) is 40.0 Å². The molecule has 0 saturated carbocycles. The van der Waals surface area contributed by atoms with E-state index in [0.29, 0.717) is 40.1 Å². The molecule has 0 spiro atoms. The van der Waals surface area contributed by atoms with Crippen molar-refractivity contribution in [1.82, 2.24) is 24.3 Å². The highest BCUT2D eigenvalue weighted by molar-refractivity contribution is 6.13. The Balaban J connectivity index is 1.49. The molecule has 1 saturated heterocycles. The van der Waals surface area contributed by atoms with Gasteiger partial charge in [0, 0.05) is 56.0 Å². The van der Waals surface area contributed by atoms with Crippen LogP contribution >= 0.6 is 0 Å². The third kappa shape index (κ3) is 3.78. The van der Waals surface area contributed by atoms with Crippen molar-refractivity contribution >= 4 is 34.0 Å². The Bertz CT molecular complexity index is 1360. The number of benzene rings is 1. The minimum atomic E-state index is -0.501. The van der Waals surface area contributed by atoms with Crippen molar-refractivity contribution < 1.29 is 9.18 Å². The van der Waals surface area contributed by atoms with Crippen molar-refractivity contribution in [1.29, 1.82) is 0 Å². The number of aryl methyl sites for hydroxylation is 1. The SMILES string of the molecule is Cc1cn2cc(NC(=O)c3ccc(N4CC(C)N(C)C(C)C4)c4nccnc34)cc(F)c2n1. The Morgan fingerprint density at radius 3 is 2.52 bits per heavy atom. The molecule has 4 aromatic rings. The first-order valence-electron chi connectivity index (χ1n) is 11.0. The van der Waals surface area contributed by atoms with Crippen LogP contribution in [0.2, 0.25) is 0 Å². The number of hydrogen-bond donors (Lipinski definition) is 1. The molecule has 9 heteroatoms. The van der Waals surface area contributed by atoms with Crippen LogP contribution in [0.4, 0.5) is 15.8 Å². The lowest BCUT2D eigenvalue weighted by molar-refractivity contribution is 0.102. The molecule has 2 atom stereocenters. The summed E-state index contributed by atoms with van der Waals surface area (Å²) in [5, 5.41) is 2.80. The van der Waals surface area contributed by atoms with E-state index in [4.69, 9.17) is 0 Å². The number of rotatable bonds is 3. The van der Waals surface area contributed by atoms with E-state index in [2.05, 4.69) is 51.0 Å². The average molecular weight is 448 g/mol. The zero-order valence-electron chi connectivity index (χ0n) is 19.1. The summed E-state index contributed by atoms with van der Waals surface area (Å²) in [5.41, 5.74) is 3.81. The monoisotopic (exact) mass is 447 g/mol. The van der Waals surface area contributed by atoms with Gasteiger partial charge in [-0.2, -0.15) is 0 Å². The molecule has 1 aliphatic heterocycles. The summed E-state index contributed by atoms with van der Waals surface area (Å²) < 4.78 is 16.0. The van der Waals surface area contributed by atoms with Gasteiger partial charge in [-0.15, -0.1) is 0 Å². The molecule has 1 amide bonds. The van der Waals surface area contributed by atoms with Crippen LogP contribution < -0.4 is 10.2 Å². The van der Waals surface area contributed by atoms with Gasteiger partial charge in [0.1, 0.15) is 11.0 Å². The number of piperazine rings is 1. The summed E-state index contributed by atoms with van der Waals surface area (Å²) >= 11 is 0. The number of likely N-dealkylation sites (N-methyl/N-ethyl adjacent to an activating group) is 1. The summed E-state index contributed by atoms with van der Waals surface area (Å²) in [4.78, 5) is 31.0. The topological polar surface area (TPSA) is 78.7 Å². The number of nitrogens with one attached hydrogen (secondary N) is 1. The number of imidazole rings is 1. The van der Waals surface area contributed by atoms with Gasteiger partial charge in [-0.25, -0.2) is 9.37 Å². The number of halogens is 1. The molecule has 4 heterocycles. The molecule has 5 rings (SSSR count). The molecule has 2 unspecified atom stereocenters. The van der Waals surface area contributed by atoms with E-state index in [1.54, 1.807) is 42.2 Å². The van der Waals surface area contributed by atoms with Crippen LogP contribution in [0.3, 0.4) is 0 Å². The molecule has 3 aromatic heterocycles. The number of anilines is 2. The quantitative estimate of drug-likeness (QED) is 0.518. The summed E-state index contributed by atoms with van der Waals surface area (Å²) in [6, 6.07) is 5.75. The molecule has 8 nitrogen and oxygen atoms in total. The lowest BCUT2D eigenvalue weighted by Gasteiger charge is -2.43. The van der Waals surface area contributed by atoms with Crippen molar-refractivity contribution in [2.75, 3.05) is 30.4 Å². The van der Waals surface area contributed by atoms with E-state index in [-0.39, 0.29) is 11.6 Å². The molecule has 0 bridgehead atoms. The fraction of sp³-hybridized carbons (Fsp3) is 0.333. The minimum absolute atomic E-state index is 0.224. The Morgan fingerprint density at radius 1 is 1.09 bits per heavy atom. The van der Waals surface area contributed by atoms with E-state index < -0.39 is 5.82 Å². The van der Waals surface area contributed by atoms with Gasteiger partial charge in [0.05, 0.1) is 22.6 Å². The molecule has 1 fully saturated rings. The van der Waals surface area contributed by atoms with Crippen LogP contribution in [0.15, 0.2) is 43.0 Å². The van der Waals surface area contributed by atoms with E-state index >= 15 is 0 Å². The van der Waals surface area contributed by atoms with Gasteiger partial charge in [0.25, 0.3) is 5.91 Å². The van der Waals surface area contributed by atoms with Crippen molar-refractivity contribution in [3.63, 3.8) is 0 Å². The number of amides is 1. The van der Waals surface area contributed by atoms with E-state index in [9.17, 15) is 9.18 Å². The Labute approximate surface area is 191 Å². The highest BCUT2D eigenvalue weighted by Crippen LogP contribution is 2.30. The highest BCUT2D eigenvalue weighted by atomic mass is 19.1. The largest absolute Gasteiger partial charge is 0.367 e. The maximum atomic E-state index is 14.4. The smallest absolute Gasteiger partial charge is 0.257 e. The van der Waals surface area contributed by atoms with E-state index in [1.807, 2.05) is 6.07 Å².